The zero-order chi connectivity index (χ0) is 22.7. The van der Waals surface area contributed by atoms with E-state index in [-0.39, 0.29) is 0 Å². The molecule has 2 aliphatic rings. The third-order valence-corrected chi connectivity index (χ3v) is 6.75. The van der Waals surface area contributed by atoms with E-state index < -0.39 is 5.60 Å². The van der Waals surface area contributed by atoms with Crippen molar-refractivity contribution in [3.63, 3.8) is 0 Å². The number of likely N-dealkylation sites (N-methyl/N-ethyl adjacent to an activating group) is 1. The highest BCUT2D eigenvalue weighted by atomic mass is 16.5. The third-order valence-electron chi connectivity index (χ3n) is 6.75. The van der Waals surface area contributed by atoms with Gasteiger partial charge < -0.3 is 24.4 Å². The minimum atomic E-state index is -0.622. The van der Waals surface area contributed by atoms with Gasteiger partial charge in [-0.3, -0.25) is 0 Å². The first-order chi connectivity index (χ1) is 15.3. The first kappa shape index (κ1) is 23.1. The fourth-order valence-electron chi connectivity index (χ4n) is 5.11. The fourth-order valence-corrected chi connectivity index (χ4v) is 5.11. The number of hydrogen-bond acceptors (Lipinski definition) is 5. The topological polar surface area (TPSA) is 45.2 Å². The summed E-state index contributed by atoms with van der Waals surface area (Å²) < 4.78 is 11.6. The average molecular weight is 439 g/mol. The molecule has 2 aliphatic heterocycles. The van der Waals surface area contributed by atoms with Crippen LogP contribution < -0.4 is 9.47 Å². The second kappa shape index (κ2) is 9.82. The maximum atomic E-state index is 10.0. The first-order valence-corrected chi connectivity index (χ1v) is 11.8. The molecule has 0 spiro atoms. The smallest absolute Gasteiger partial charge is 0.119 e. The van der Waals surface area contributed by atoms with Gasteiger partial charge in [-0.05, 0) is 93.7 Å². The quantitative estimate of drug-likeness (QED) is 0.704. The van der Waals surface area contributed by atoms with Crippen molar-refractivity contribution < 1.29 is 14.6 Å². The molecule has 0 bridgehead atoms. The summed E-state index contributed by atoms with van der Waals surface area (Å²) in [6, 6.07) is 15.1. The summed E-state index contributed by atoms with van der Waals surface area (Å²) in [6.45, 7) is 9.33. The predicted molar refractivity (Wildman–Crippen MR) is 129 cm³/mol. The van der Waals surface area contributed by atoms with E-state index in [9.17, 15) is 5.11 Å². The van der Waals surface area contributed by atoms with E-state index in [0.29, 0.717) is 11.8 Å². The van der Waals surface area contributed by atoms with Gasteiger partial charge in [0.1, 0.15) is 11.5 Å². The maximum Gasteiger partial charge on any atom is 0.119 e. The fraction of sp³-hybridized carbons (Fsp3) is 0.556. The van der Waals surface area contributed by atoms with Gasteiger partial charge in [-0.15, -0.1) is 0 Å². The number of benzene rings is 2. The third kappa shape index (κ3) is 5.83. The Bertz CT molecular complexity index is 883. The molecule has 0 radical (unpaired) electrons. The first-order valence-electron chi connectivity index (χ1n) is 11.8. The Balaban J connectivity index is 1.37. The summed E-state index contributed by atoms with van der Waals surface area (Å²) in [7, 11) is 3.90. The molecule has 2 aromatic rings. The highest BCUT2D eigenvalue weighted by Gasteiger charge is 2.26. The van der Waals surface area contributed by atoms with E-state index in [2.05, 4.69) is 47.2 Å². The van der Waals surface area contributed by atoms with E-state index >= 15 is 0 Å². The number of fused-ring (bicyclic) bond motifs is 1. The zero-order valence-corrected chi connectivity index (χ0v) is 20.0. The monoisotopic (exact) mass is 438 g/mol. The molecule has 1 N–H and O–H groups in total. The van der Waals surface area contributed by atoms with Crippen molar-refractivity contribution in [2.45, 2.75) is 44.8 Å². The molecule has 1 fully saturated rings. The minimum absolute atomic E-state index is 0.365. The predicted octanol–water partition coefficient (Wildman–Crippen LogP) is 4.13. The van der Waals surface area contributed by atoms with Crippen LogP contribution in [0.2, 0.25) is 0 Å². The van der Waals surface area contributed by atoms with E-state index in [0.717, 1.165) is 63.7 Å². The van der Waals surface area contributed by atoms with Crippen LogP contribution in [0.3, 0.4) is 0 Å². The largest absolute Gasteiger partial charge is 0.497 e. The Morgan fingerprint density at radius 3 is 2.38 bits per heavy atom. The van der Waals surface area contributed by atoms with E-state index in [4.69, 9.17) is 9.47 Å². The molecular formula is C27H38N2O3. The van der Waals surface area contributed by atoms with Crippen LogP contribution in [-0.4, -0.2) is 67.5 Å². The number of piperidine rings is 1. The van der Waals surface area contributed by atoms with Gasteiger partial charge in [0.15, 0.2) is 0 Å². The lowest BCUT2D eigenvalue weighted by molar-refractivity contribution is 0.0212. The number of ether oxygens (including phenoxy) is 2. The van der Waals surface area contributed by atoms with Crippen LogP contribution in [0.1, 0.15) is 49.3 Å². The molecule has 0 aliphatic carbocycles. The number of likely N-dealkylation sites (tertiary alicyclic amines) is 1. The molecule has 0 saturated carbocycles. The Kier molecular flexibility index (Phi) is 7.08. The molecule has 174 valence electrons. The van der Waals surface area contributed by atoms with Crippen LogP contribution in [0, 0.1) is 5.92 Å². The SMILES string of the molecule is COc1ccc(C2CN(C)Cc3cc(OCC4CCN(CC(C)(C)O)CC4)ccc32)cc1. The Hall–Kier alpha value is -2.08. The summed E-state index contributed by atoms with van der Waals surface area (Å²) >= 11 is 0. The minimum Gasteiger partial charge on any atom is -0.497 e. The molecule has 1 saturated heterocycles. The molecule has 1 unspecified atom stereocenters. The number of rotatable bonds is 7. The van der Waals surface area contributed by atoms with Crippen molar-refractivity contribution in [3.05, 3.63) is 59.2 Å². The molecule has 0 amide bonds. The molecule has 2 heterocycles. The van der Waals surface area contributed by atoms with Crippen LogP contribution in [-0.2, 0) is 6.54 Å². The van der Waals surface area contributed by atoms with Gasteiger partial charge in [0, 0.05) is 25.6 Å². The maximum absolute atomic E-state index is 10.0. The summed E-state index contributed by atoms with van der Waals surface area (Å²) in [5.41, 5.74) is 3.46. The lowest BCUT2D eigenvalue weighted by Gasteiger charge is -2.35. The van der Waals surface area contributed by atoms with Crippen LogP contribution in [0.25, 0.3) is 0 Å². The molecule has 0 aromatic heterocycles. The van der Waals surface area contributed by atoms with E-state index in [1.54, 1.807) is 7.11 Å². The van der Waals surface area contributed by atoms with Crippen molar-refractivity contribution >= 4 is 0 Å². The zero-order valence-electron chi connectivity index (χ0n) is 20.0. The summed E-state index contributed by atoms with van der Waals surface area (Å²) in [5, 5.41) is 10.0. The van der Waals surface area contributed by atoms with Crippen LogP contribution >= 0.6 is 0 Å². The van der Waals surface area contributed by atoms with Crippen molar-refractivity contribution in [2.24, 2.45) is 5.92 Å². The lowest BCUT2D eigenvalue weighted by Crippen LogP contribution is -2.43. The summed E-state index contributed by atoms with van der Waals surface area (Å²) in [6.07, 6.45) is 2.26. The highest BCUT2D eigenvalue weighted by Crippen LogP contribution is 2.35. The Morgan fingerprint density at radius 2 is 1.72 bits per heavy atom. The second-order valence-electron chi connectivity index (χ2n) is 10.2. The van der Waals surface area contributed by atoms with Gasteiger partial charge in [-0.1, -0.05) is 18.2 Å². The van der Waals surface area contributed by atoms with Crippen molar-refractivity contribution in [1.29, 1.82) is 0 Å². The van der Waals surface area contributed by atoms with Gasteiger partial charge in [0.2, 0.25) is 0 Å². The van der Waals surface area contributed by atoms with E-state index in [1.807, 2.05) is 26.0 Å². The average Bonchev–Trinajstić information content (AvgIpc) is 2.77. The number of methoxy groups -OCH3 is 1. The van der Waals surface area contributed by atoms with Gasteiger partial charge >= 0.3 is 0 Å². The van der Waals surface area contributed by atoms with Crippen molar-refractivity contribution in [2.75, 3.05) is 46.9 Å². The molecular weight excluding hydrogens is 400 g/mol. The second-order valence-corrected chi connectivity index (χ2v) is 10.2. The van der Waals surface area contributed by atoms with E-state index in [1.165, 1.54) is 16.7 Å². The molecule has 32 heavy (non-hydrogen) atoms. The molecule has 5 nitrogen and oxygen atoms in total. The molecule has 5 heteroatoms. The van der Waals surface area contributed by atoms with Gasteiger partial charge in [0.25, 0.3) is 0 Å². The number of nitrogens with zero attached hydrogens (tertiary/aromatic N) is 2. The molecule has 1 atom stereocenters. The van der Waals surface area contributed by atoms with Gasteiger partial charge in [-0.2, -0.15) is 0 Å². The normalized spacial score (nSPS) is 20.7. The molecule has 2 aromatic carbocycles. The van der Waals surface area contributed by atoms with Crippen LogP contribution in [0.4, 0.5) is 0 Å². The van der Waals surface area contributed by atoms with Gasteiger partial charge in [-0.25, -0.2) is 0 Å². The molecule has 4 rings (SSSR count). The summed E-state index contributed by atoms with van der Waals surface area (Å²) in [4.78, 5) is 4.75. The number of aliphatic hydroxyl groups is 1. The Morgan fingerprint density at radius 1 is 1.03 bits per heavy atom. The lowest BCUT2D eigenvalue weighted by atomic mass is 9.84. The standard InChI is InChI=1S/C27H38N2O3/c1-27(2,30)19-29-13-11-20(12-14-29)18-32-24-9-10-25-22(15-24)16-28(3)17-26(25)21-5-7-23(31-4)8-6-21/h5-10,15,20,26,30H,11-14,16-19H2,1-4H3. The highest BCUT2D eigenvalue weighted by molar-refractivity contribution is 5.45. The van der Waals surface area contributed by atoms with Crippen molar-refractivity contribution in [1.82, 2.24) is 9.80 Å². The van der Waals surface area contributed by atoms with Crippen LogP contribution in [0.5, 0.6) is 11.5 Å². The van der Waals surface area contributed by atoms with Crippen molar-refractivity contribution in [3.8, 4) is 11.5 Å². The number of hydrogen-bond donors (Lipinski definition) is 1. The number of β-amino-alcohol motifs (C(OH)–C–C–N with tert-alkyl or cyclic N) is 1. The van der Waals surface area contributed by atoms with Gasteiger partial charge in [0.05, 0.1) is 19.3 Å². The van der Waals surface area contributed by atoms with Crippen LogP contribution in [0.15, 0.2) is 42.5 Å². The Labute approximate surface area is 192 Å². The summed E-state index contributed by atoms with van der Waals surface area (Å²) in [5.74, 6) is 2.82.